The second kappa shape index (κ2) is 6.22. The van der Waals surface area contributed by atoms with Crippen LogP contribution in [-0.2, 0) is 19.6 Å². The molecule has 0 aliphatic carbocycles. The van der Waals surface area contributed by atoms with Gasteiger partial charge in [0.2, 0.25) is 10.0 Å². The molecule has 19 heavy (non-hydrogen) atoms. The van der Waals surface area contributed by atoms with Crippen LogP contribution < -0.4 is 0 Å². The number of nitrogens with zero attached hydrogens (tertiary/aromatic N) is 1. The van der Waals surface area contributed by atoms with E-state index in [1.165, 1.54) is 10.6 Å². The van der Waals surface area contributed by atoms with E-state index in [0.29, 0.717) is 13.0 Å². The van der Waals surface area contributed by atoms with E-state index in [0.717, 1.165) is 19.3 Å². The minimum atomic E-state index is -3.18. The van der Waals surface area contributed by atoms with Crippen molar-refractivity contribution in [3.8, 4) is 0 Å². The topological polar surface area (TPSA) is 63.7 Å². The van der Waals surface area contributed by atoms with E-state index in [4.69, 9.17) is 4.74 Å². The molecule has 0 aromatic carbocycles. The van der Waals surface area contributed by atoms with E-state index in [1.54, 1.807) is 0 Å². The van der Waals surface area contributed by atoms with Gasteiger partial charge in [-0.25, -0.2) is 8.42 Å². The molecule has 5 nitrogen and oxygen atoms in total. The van der Waals surface area contributed by atoms with Crippen molar-refractivity contribution in [2.75, 3.05) is 12.8 Å². The van der Waals surface area contributed by atoms with E-state index in [2.05, 4.69) is 0 Å². The fraction of sp³-hybridized carbons (Fsp3) is 0.923. The number of rotatable bonds is 4. The number of carbonyl (C=O) groups is 1. The standard InChI is InChI=1S/C13H25NO4S/c1-13(2,3)18-12(15)9-8-11-7-5-6-10-14(11)19(4,16)17/h11H,5-10H2,1-4H3. The van der Waals surface area contributed by atoms with Gasteiger partial charge in [-0.1, -0.05) is 6.42 Å². The third-order valence-electron chi connectivity index (χ3n) is 3.10. The van der Waals surface area contributed by atoms with Crippen LogP contribution in [-0.4, -0.2) is 43.1 Å². The lowest BCUT2D eigenvalue weighted by molar-refractivity contribution is -0.155. The molecule has 1 fully saturated rings. The number of sulfonamides is 1. The summed E-state index contributed by atoms with van der Waals surface area (Å²) in [6, 6.07) is -0.0590. The molecule has 1 atom stereocenters. The van der Waals surface area contributed by atoms with Crippen molar-refractivity contribution in [1.29, 1.82) is 0 Å². The van der Waals surface area contributed by atoms with Gasteiger partial charge in [0, 0.05) is 19.0 Å². The fourth-order valence-corrected chi connectivity index (χ4v) is 3.59. The number of carbonyl (C=O) groups excluding carboxylic acids is 1. The Kier molecular flexibility index (Phi) is 5.38. The maximum atomic E-state index is 11.7. The third kappa shape index (κ3) is 5.91. The highest BCUT2D eigenvalue weighted by atomic mass is 32.2. The molecule has 0 radical (unpaired) electrons. The molecule has 0 amide bonds. The Morgan fingerprint density at radius 1 is 1.32 bits per heavy atom. The Morgan fingerprint density at radius 2 is 1.95 bits per heavy atom. The van der Waals surface area contributed by atoms with Gasteiger partial charge in [0.15, 0.2) is 0 Å². The van der Waals surface area contributed by atoms with E-state index >= 15 is 0 Å². The minimum absolute atomic E-state index is 0.0590. The first-order chi connectivity index (χ1) is 8.59. The van der Waals surface area contributed by atoms with E-state index < -0.39 is 15.6 Å². The van der Waals surface area contributed by atoms with E-state index in [1.807, 2.05) is 20.8 Å². The fourth-order valence-electron chi connectivity index (χ4n) is 2.38. The van der Waals surface area contributed by atoms with Gasteiger partial charge in [-0.2, -0.15) is 4.31 Å². The molecule has 1 aliphatic rings. The van der Waals surface area contributed by atoms with Gasteiger partial charge in [0.05, 0.1) is 6.26 Å². The Bertz CT molecular complexity index is 411. The van der Waals surface area contributed by atoms with Crippen LogP contribution in [0.1, 0.15) is 52.9 Å². The molecule has 0 bridgehead atoms. The molecule has 0 N–H and O–H groups in total. The van der Waals surface area contributed by atoms with Gasteiger partial charge < -0.3 is 4.74 Å². The zero-order valence-corrected chi connectivity index (χ0v) is 13.1. The highest BCUT2D eigenvalue weighted by Gasteiger charge is 2.30. The van der Waals surface area contributed by atoms with Gasteiger partial charge in [0.1, 0.15) is 5.60 Å². The molecular formula is C13H25NO4S. The van der Waals surface area contributed by atoms with Crippen LogP contribution in [0, 0.1) is 0 Å². The van der Waals surface area contributed by atoms with Crippen LogP contribution in [0.15, 0.2) is 0 Å². The molecule has 1 saturated heterocycles. The monoisotopic (exact) mass is 291 g/mol. The number of esters is 1. The van der Waals surface area contributed by atoms with Gasteiger partial charge in [-0.3, -0.25) is 4.79 Å². The first kappa shape index (κ1) is 16.4. The second-order valence-electron chi connectivity index (χ2n) is 6.15. The van der Waals surface area contributed by atoms with Crippen LogP contribution in [0.2, 0.25) is 0 Å². The molecule has 0 spiro atoms. The Labute approximate surface area is 116 Å². The molecule has 0 aromatic rings. The Hall–Kier alpha value is -0.620. The average molecular weight is 291 g/mol. The quantitative estimate of drug-likeness (QED) is 0.742. The number of ether oxygens (including phenoxy) is 1. The summed E-state index contributed by atoms with van der Waals surface area (Å²) in [6.45, 7) is 6.05. The van der Waals surface area contributed by atoms with Crippen molar-refractivity contribution in [1.82, 2.24) is 4.31 Å². The van der Waals surface area contributed by atoms with Crippen LogP contribution in [0.3, 0.4) is 0 Å². The molecule has 0 aromatic heterocycles. The summed E-state index contributed by atoms with van der Waals surface area (Å²) in [5.74, 6) is -0.258. The molecule has 112 valence electrons. The third-order valence-corrected chi connectivity index (χ3v) is 4.43. The van der Waals surface area contributed by atoms with Crippen molar-refractivity contribution in [3.63, 3.8) is 0 Å². The number of hydrogen-bond acceptors (Lipinski definition) is 4. The van der Waals surface area contributed by atoms with E-state index in [9.17, 15) is 13.2 Å². The number of piperidine rings is 1. The molecule has 1 heterocycles. The van der Waals surface area contributed by atoms with Crippen molar-refractivity contribution in [2.45, 2.75) is 64.5 Å². The zero-order valence-electron chi connectivity index (χ0n) is 12.3. The van der Waals surface area contributed by atoms with Gasteiger partial charge in [0.25, 0.3) is 0 Å². The lowest BCUT2D eigenvalue weighted by Gasteiger charge is -2.33. The molecule has 1 rings (SSSR count). The molecular weight excluding hydrogens is 266 g/mol. The van der Waals surface area contributed by atoms with Crippen molar-refractivity contribution in [2.24, 2.45) is 0 Å². The van der Waals surface area contributed by atoms with Crippen molar-refractivity contribution < 1.29 is 17.9 Å². The summed E-state index contributed by atoms with van der Waals surface area (Å²) in [6.07, 6.45) is 4.80. The number of hydrogen-bond donors (Lipinski definition) is 0. The predicted octanol–water partition coefficient (Wildman–Crippen LogP) is 1.92. The molecule has 6 heteroatoms. The van der Waals surface area contributed by atoms with Crippen molar-refractivity contribution in [3.05, 3.63) is 0 Å². The highest BCUT2D eigenvalue weighted by molar-refractivity contribution is 7.88. The summed E-state index contributed by atoms with van der Waals surface area (Å²) in [5, 5.41) is 0. The lowest BCUT2D eigenvalue weighted by atomic mass is 10.0. The SMILES string of the molecule is CC(C)(C)OC(=O)CCC1CCCCN1S(C)(=O)=O. The highest BCUT2D eigenvalue weighted by Crippen LogP contribution is 2.23. The predicted molar refractivity (Wildman–Crippen MR) is 74.3 cm³/mol. The van der Waals surface area contributed by atoms with Crippen LogP contribution in [0.4, 0.5) is 0 Å². The first-order valence-electron chi connectivity index (χ1n) is 6.78. The average Bonchev–Trinajstić information content (AvgIpc) is 2.23. The lowest BCUT2D eigenvalue weighted by Crippen LogP contribution is -2.43. The van der Waals surface area contributed by atoms with Crippen LogP contribution in [0.25, 0.3) is 0 Å². The largest absolute Gasteiger partial charge is 0.460 e. The van der Waals surface area contributed by atoms with E-state index in [-0.39, 0.29) is 18.4 Å². The summed E-state index contributed by atoms with van der Waals surface area (Å²) in [7, 11) is -3.18. The first-order valence-corrected chi connectivity index (χ1v) is 8.63. The summed E-state index contributed by atoms with van der Waals surface area (Å²) < 4.78 is 30.1. The molecule has 0 saturated carbocycles. The summed E-state index contributed by atoms with van der Waals surface area (Å²) >= 11 is 0. The van der Waals surface area contributed by atoms with Gasteiger partial charge in [-0.15, -0.1) is 0 Å². The van der Waals surface area contributed by atoms with Crippen LogP contribution >= 0.6 is 0 Å². The zero-order chi connectivity index (χ0) is 14.7. The minimum Gasteiger partial charge on any atom is -0.460 e. The van der Waals surface area contributed by atoms with Crippen molar-refractivity contribution >= 4 is 16.0 Å². The smallest absolute Gasteiger partial charge is 0.306 e. The maximum Gasteiger partial charge on any atom is 0.306 e. The van der Waals surface area contributed by atoms with Crippen LogP contribution in [0.5, 0.6) is 0 Å². The Morgan fingerprint density at radius 3 is 2.47 bits per heavy atom. The molecule has 1 aliphatic heterocycles. The van der Waals surface area contributed by atoms with Gasteiger partial charge in [-0.05, 0) is 40.0 Å². The maximum absolute atomic E-state index is 11.7. The van der Waals surface area contributed by atoms with Gasteiger partial charge >= 0.3 is 5.97 Å². The summed E-state index contributed by atoms with van der Waals surface area (Å²) in [4.78, 5) is 11.7. The second-order valence-corrected chi connectivity index (χ2v) is 8.08. The Balaban J connectivity index is 2.53. The normalized spacial score (nSPS) is 22.2. The summed E-state index contributed by atoms with van der Waals surface area (Å²) in [5.41, 5.74) is -0.486. The molecule has 1 unspecified atom stereocenters.